The molecule has 1 N–H and O–H groups in total. The topological polar surface area (TPSA) is 21.3 Å². The summed E-state index contributed by atoms with van der Waals surface area (Å²) < 4.78 is 6.46. The summed E-state index contributed by atoms with van der Waals surface area (Å²) in [5.74, 6) is 0.913. The van der Waals surface area contributed by atoms with Crippen molar-refractivity contribution in [1.82, 2.24) is 5.32 Å². The standard InChI is InChI=1S/C17H20INO/c1-19-17(14-6-8-15(18)9-7-14)12-5-13-3-10-16(20-2)11-4-13/h3-4,6-11,17,19H,5,12H2,1-2H3. The van der Waals surface area contributed by atoms with Crippen molar-refractivity contribution in [1.29, 1.82) is 0 Å². The van der Waals surface area contributed by atoms with Gasteiger partial charge in [-0.15, -0.1) is 0 Å². The third-order valence-corrected chi connectivity index (χ3v) is 4.22. The Morgan fingerprint density at radius 1 is 1.05 bits per heavy atom. The lowest BCUT2D eigenvalue weighted by atomic mass is 9.99. The van der Waals surface area contributed by atoms with Crippen molar-refractivity contribution in [2.75, 3.05) is 14.2 Å². The molecule has 0 aliphatic carbocycles. The van der Waals surface area contributed by atoms with Crippen LogP contribution in [0, 0.1) is 3.57 Å². The lowest BCUT2D eigenvalue weighted by molar-refractivity contribution is 0.414. The monoisotopic (exact) mass is 381 g/mol. The Bertz CT molecular complexity index is 522. The number of benzene rings is 2. The molecule has 0 saturated carbocycles. The summed E-state index contributed by atoms with van der Waals surface area (Å²) in [6, 6.07) is 17.5. The molecular weight excluding hydrogens is 361 g/mol. The lowest BCUT2D eigenvalue weighted by Crippen LogP contribution is -2.17. The Morgan fingerprint density at radius 2 is 1.70 bits per heavy atom. The van der Waals surface area contributed by atoms with Gasteiger partial charge in [-0.1, -0.05) is 24.3 Å². The first-order valence-electron chi connectivity index (χ1n) is 6.78. The van der Waals surface area contributed by atoms with Crippen LogP contribution >= 0.6 is 22.6 Å². The van der Waals surface area contributed by atoms with Crippen LogP contribution in [0.4, 0.5) is 0 Å². The molecule has 2 rings (SSSR count). The van der Waals surface area contributed by atoms with Crippen LogP contribution in [0.25, 0.3) is 0 Å². The van der Waals surface area contributed by atoms with Crippen molar-refractivity contribution in [2.24, 2.45) is 0 Å². The minimum absolute atomic E-state index is 0.397. The Kier molecular flexibility index (Phi) is 5.86. The Labute approximate surface area is 134 Å². The molecule has 0 radical (unpaired) electrons. The quantitative estimate of drug-likeness (QED) is 0.758. The molecule has 2 aromatic rings. The molecule has 0 aromatic heterocycles. The number of rotatable bonds is 6. The number of aryl methyl sites for hydroxylation is 1. The smallest absolute Gasteiger partial charge is 0.118 e. The van der Waals surface area contributed by atoms with E-state index in [0.717, 1.165) is 18.6 Å². The summed E-state index contributed by atoms with van der Waals surface area (Å²) in [4.78, 5) is 0. The van der Waals surface area contributed by atoms with Crippen LogP contribution in [-0.2, 0) is 6.42 Å². The van der Waals surface area contributed by atoms with Crippen molar-refractivity contribution >= 4 is 22.6 Å². The molecule has 0 bridgehead atoms. The van der Waals surface area contributed by atoms with Gasteiger partial charge in [0.15, 0.2) is 0 Å². The Morgan fingerprint density at radius 3 is 2.25 bits per heavy atom. The molecule has 0 fully saturated rings. The van der Waals surface area contributed by atoms with Crippen LogP contribution in [0.1, 0.15) is 23.6 Å². The third-order valence-electron chi connectivity index (χ3n) is 3.50. The molecule has 0 saturated heterocycles. The van der Waals surface area contributed by atoms with Crippen LogP contribution < -0.4 is 10.1 Å². The van der Waals surface area contributed by atoms with Crippen molar-refractivity contribution in [2.45, 2.75) is 18.9 Å². The fourth-order valence-corrected chi connectivity index (χ4v) is 2.64. The first-order valence-corrected chi connectivity index (χ1v) is 7.86. The number of hydrogen-bond acceptors (Lipinski definition) is 2. The van der Waals surface area contributed by atoms with Gasteiger partial charge in [0.25, 0.3) is 0 Å². The van der Waals surface area contributed by atoms with Crippen molar-refractivity contribution in [3.05, 3.63) is 63.2 Å². The number of halogens is 1. The number of ether oxygens (including phenoxy) is 1. The van der Waals surface area contributed by atoms with E-state index in [1.54, 1.807) is 7.11 Å². The molecule has 2 aromatic carbocycles. The molecule has 0 amide bonds. The predicted octanol–water partition coefficient (Wildman–Crippen LogP) is 4.19. The molecular formula is C17H20INO. The Balaban J connectivity index is 1.97. The molecule has 20 heavy (non-hydrogen) atoms. The van der Waals surface area contributed by atoms with Gasteiger partial charge < -0.3 is 10.1 Å². The maximum Gasteiger partial charge on any atom is 0.118 e. The molecule has 0 aliphatic heterocycles. The van der Waals surface area contributed by atoms with Crippen molar-refractivity contribution in [3.8, 4) is 5.75 Å². The normalized spacial score (nSPS) is 12.2. The second kappa shape index (κ2) is 7.64. The van der Waals surface area contributed by atoms with Gasteiger partial charge in [0, 0.05) is 9.61 Å². The van der Waals surface area contributed by atoms with Crippen LogP contribution in [0.15, 0.2) is 48.5 Å². The van der Waals surface area contributed by atoms with E-state index in [-0.39, 0.29) is 0 Å². The van der Waals surface area contributed by atoms with E-state index in [2.05, 4.69) is 64.3 Å². The molecule has 1 unspecified atom stereocenters. The molecule has 106 valence electrons. The number of nitrogens with one attached hydrogen (secondary N) is 1. The molecule has 2 nitrogen and oxygen atoms in total. The minimum Gasteiger partial charge on any atom is -0.497 e. The van der Waals surface area contributed by atoms with Gasteiger partial charge in [0.05, 0.1) is 7.11 Å². The minimum atomic E-state index is 0.397. The second-order valence-electron chi connectivity index (χ2n) is 4.78. The maximum atomic E-state index is 5.18. The van der Waals surface area contributed by atoms with Crippen molar-refractivity contribution in [3.63, 3.8) is 0 Å². The summed E-state index contributed by atoms with van der Waals surface area (Å²) >= 11 is 2.34. The third kappa shape index (κ3) is 4.21. The van der Waals surface area contributed by atoms with Crippen molar-refractivity contribution < 1.29 is 4.74 Å². The summed E-state index contributed by atoms with van der Waals surface area (Å²) in [6.45, 7) is 0. The van der Waals surface area contributed by atoms with Crippen LogP contribution in [-0.4, -0.2) is 14.2 Å². The largest absolute Gasteiger partial charge is 0.497 e. The molecule has 0 aliphatic rings. The summed E-state index contributed by atoms with van der Waals surface area (Å²) in [7, 11) is 3.72. The lowest BCUT2D eigenvalue weighted by Gasteiger charge is -2.17. The summed E-state index contributed by atoms with van der Waals surface area (Å²) in [6.07, 6.45) is 2.14. The van der Waals surface area contributed by atoms with E-state index < -0.39 is 0 Å². The average Bonchev–Trinajstić information content (AvgIpc) is 2.50. The van der Waals surface area contributed by atoms with Gasteiger partial charge in [-0.2, -0.15) is 0 Å². The molecule has 0 heterocycles. The van der Waals surface area contributed by atoms with E-state index >= 15 is 0 Å². The average molecular weight is 381 g/mol. The van der Waals surface area contributed by atoms with Gasteiger partial charge in [-0.05, 0) is 77.9 Å². The second-order valence-corrected chi connectivity index (χ2v) is 6.03. The van der Waals surface area contributed by atoms with Gasteiger partial charge >= 0.3 is 0 Å². The van der Waals surface area contributed by atoms with Crippen LogP contribution in [0.2, 0.25) is 0 Å². The van der Waals surface area contributed by atoms with Gasteiger partial charge in [0.2, 0.25) is 0 Å². The predicted molar refractivity (Wildman–Crippen MR) is 92.3 cm³/mol. The van der Waals surface area contributed by atoms with E-state index in [4.69, 9.17) is 4.74 Å². The molecule has 3 heteroatoms. The Hall–Kier alpha value is -1.07. The van der Waals surface area contributed by atoms with E-state index in [0.29, 0.717) is 6.04 Å². The first-order chi connectivity index (χ1) is 9.72. The first kappa shape index (κ1) is 15.3. The molecule has 0 spiro atoms. The van der Waals surface area contributed by atoms with Gasteiger partial charge in [-0.3, -0.25) is 0 Å². The van der Waals surface area contributed by atoms with Gasteiger partial charge in [-0.25, -0.2) is 0 Å². The zero-order valence-corrected chi connectivity index (χ0v) is 14.1. The number of methoxy groups -OCH3 is 1. The SMILES string of the molecule is CNC(CCc1ccc(OC)cc1)c1ccc(I)cc1. The van der Waals surface area contributed by atoms with Gasteiger partial charge in [0.1, 0.15) is 5.75 Å². The van der Waals surface area contributed by atoms with E-state index in [1.165, 1.54) is 14.7 Å². The molecule has 1 atom stereocenters. The van der Waals surface area contributed by atoms with E-state index in [9.17, 15) is 0 Å². The zero-order chi connectivity index (χ0) is 14.4. The number of hydrogen-bond donors (Lipinski definition) is 1. The highest BCUT2D eigenvalue weighted by atomic mass is 127. The summed E-state index contributed by atoms with van der Waals surface area (Å²) in [5.41, 5.74) is 2.69. The van der Waals surface area contributed by atoms with Crippen LogP contribution in [0.3, 0.4) is 0 Å². The highest BCUT2D eigenvalue weighted by Crippen LogP contribution is 2.21. The fraction of sp³-hybridized carbons (Fsp3) is 0.294. The highest BCUT2D eigenvalue weighted by Gasteiger charge is 2.09. The maximum absolute atomic E-state index is 5.18. The zero-order valence-electron chi connectivity index (χ0n) is 11.9. The summed E-state index contributed by atoms with van der Waals surface area (Å²) in [5, 5.41) is 3.40. The fourth-order valence-electron chi connectivity index (χ4n) is 2.28. The van der Waals surface area contributed by atoms with Crippen LogP contribution in [0.5, 0.6) is 5.75 Å². The van der Waals surface area contributed by atoms with E-state index in [1.807, 2.05) is 19.2 Å². The highest BCUT2D eigenvalue weighted by molar-refractivity contribution is 14.1.